The summed E-state index contributed by atoms with van der Waals surface area (Å²) in [4.78, 5) is 12.6. The van der Waals surface area contributed by atoms with Crippen LogP contribution in [0.25, 0.3) is 5.69 Å². The molecule has 3 aromatic rings. The monoisotopic (exact) mass is 425 g/mol. The Bertz CT molecular complexity index is 1040. The van der Waals surface area contributed by atoms with Crippen LogP contribution < -0.4 is 5.32 Å². The molecule has 0 spiro atoms. The van der Waals surface area contributed by atoms with E-state index in [1.807, 2.05) is 0 Å². The third-order valence-electron chi connectivity index (χ3n) is 4.47. The maximum atomic E-state index is 13.5. The van der Waals surface area contributed by atoms with E-state index in [1.165, 1.54) is 19.2 Å². The molecule has 152 valence electrons. The minimum Gasteiger partial charge on any atom is -0.345 e. The maximum Gasteiger partial charge on any atom is 0.419 e. The Balaban J connectivity index is 1.81. The van der Waals surface area contributed by atoms with Crippen LogP contribution in [0.4, 0.5) is 17.6 Å². The molecule has 2 aromatic carbocycles. The van der Waals surface area contributed by atoms with E-state index in [0.717, 1.165) is 6.07 Å². The Labute approximate surface area is 169 Å². The summed E-state index contributed by atoms with van der Waals surface area (Å²) in [7, 11) is 0. The number of hydrogen-bond donors (Lipinski definition) is 1. The SMILES string of the molecule is Cc1c(C(=O)N[C@@H](C)c2ccc(F)c(C(F)(F)F)c2)cnn1-c1ccc(Cl)cc1. The van der Waals surface area contributed by atoms with Gasteiger partial charge >= 0.3 is 6.18 Å². The lowest BCUT2D eigenvalue weighted by Gasteiger charge is -2.16. The molecule has 9 heteroatoms. The lowest BCUT2D eigenvalue weighted by molar-refractivity contribution is -0.140. The van der Waals surface area contributed by atoms with Gasteiger partial charge in [-0.3, -0.25) is 4.79 Å². The Morgan fingerprint density at radius 3 is 2.45 bits per heavy atom. The molecule has 0 aliphatic heterocycles. The van der Waals surface area contributed by atoms with Gasteiger partial charge in [0.05, 0.1) is 34.7 Å². The van der Waals surface area contributed by atoms with Crippen molar-refractivity contribution in [3.05, 3.63) is 81.9 Å². The number of benzene rings is 2. The highest BCUT2D eigenvalue weighted by Gasteiger charge is 2.34. The minimum absolute atomic E-state index is 0.134. The number of carbonyl (C=O) groups excluding carboxylic acids is 1. The first-order valence-corrected chi connectivity index (χ1v) is 8.94. The number of aromatic nitrogens is 2. The first kappa shape index (κ1) is 20.9. The Morgan fingerprint density at radius 2 is 1.83 bits per heavy atom. The maximum absolute atomic E-state index is 13.5. The van der Waals surface area contributed by atoms with E-state index in [4.69, 9.17) is 11.6 Å². The van der Waals surface area contributed by atoms with Crippen LogP contribution in [-0.4, -0.2) is 15.7 Å². The van der Waals surface area contributed by atoms with Crippen LogP contribution in [0.1, 0.15) is 40.1 Å². The largest absolute Gasteiger partial charge is 0.419 e. The molecule has 0 aliphatic carbocycles. The third kappa shape index (κ3) is 4.42. The van der Waals surface area contributed by atoms with Gasteiger partial charge in [0, 0.05) is 5.02 Å². The number of halogens is 5. The van der Waals surface area contributed by atoms with E-state index in [1.54, 1.807) is 35.9 Å². The fourth-order valence-corrected chi connectivity index (χ4v) is 2.99. The van der Waals surface area contributed by atoms with E-state index in [2.05, 4.69) is 10.4 Å². The van der Waals surface area contributed by atoms with Crippen molar-refractivity contribution < 1.29 is 22.4 Å². The molecule has 0 saturated heterocycles. The first-order valence-electron chi connectivity index (χ1n) is 8.56. The normalized spacial score (nSPS) is 12.7. The number of alkyl halides is 3. The fourth-order valence-electron chi connectivity index (χ4n) is 2.86. The minimum atomic E-state index is -4.82. The number of nitrogens with zero attached hydrogens (tertiary/aromatic N) is 2. The van der Waals surface area contributed by atoms with Crippen molar-refractivity contribution in [1.29, 1.82) is 0 Å². The molecule has 0 aliphatic rings. The van der Waals surface area contributed by atoms with Crippen LogP contribution in [0.5, 0.6) is 0 Å². The molecule has 1 N–H and O–H groups in total. The van der Waals surface area contributed by atoms with E-state index < -0.39 is 29.5 Å². The summed E-state index contributed by atoms with van der Waals surface area (Å²) >= 11 is 5.87. The topological polar surface area (TPSA) is 46.9 Å². The van der Waals surface area contributed by atoms with E-state index in [9.17, 15) is 22.4 Å². The average molecular weight is 426 g/mol. The Morgan fingerprint density at radius 1 is 1.17 bits per heavy atom. The van der Waals surface area contributed by atoms with Crippen LogP contribution in [0.2, 0.25) is 5.02 Å². The second kappa shape index (κ2) is 7.87. The number of carbonyl (C=O) groups is 1. The molecule has 1 aromatic heterocycles. The van der Waals surface area contributed by atoms with Gasteiger partial charge < -0.3 is 5.32 Å². The molecular weight excluding hydrogens is 410 g/mol. The van der Waals surface area contributed by atoms with Gasteiger partial charge in [-0.05, 0) is 55.8 Å². The van der Waals surface area contributed by atoms with Crippen molar-refractivity contribution in [2.75, 3.05) is 0 Å². The second-order valence-electron chi connectivity index (χ2n) is 6.46. The van der Waals surface area contributed by atoms with Crippen LogP contribution in [0, 0.1) is 12.7 Å². The summed E-state index contributed by atoms with van der Waals surface area (Å²) in [5.41, 5.74) is 0.280. The van der Waals surface area contributed by atoms with E-state index >= 15 is 0 Å². The summed E-state index contributed by atoms with van der Waals surface area (Å²) in [6.07, 6.45) is -3.45. The summed E-state index contributed by atoms with van der Waals surface area (Å²) in [6, 6.07) is 8.73. The molecule has 1 atom stereocenters. The van der Waals surface area contributed by atoms with Crippen molar-refractivity contribution in [2.24, 2.45) is 0 Å². The number of rotatable bonds is 4. The smallest absolute Gasteiger partial charge is 0.345 e. The number of nitrogens with one attached hydrogen (secondary N) is 1. The quantitative estimate of drug-likeness (QED) is 0.562. The molecule has 0 fully saturated rings. The van der Waals surface area contributed by atoms with Crippen molar-refractivity contribution in [3.8, 4) is 5.69 Å². The predicted molar refractivity (Wildman–Crippen MR) is 101 cm³/mol. The molecule has 0 bridgehead atoms. The zero-order chi connectivity index (χ0) is 21.3. The summed E-state index contributed by atoms with van der Waals surface area (Å²) in [5, 5.41) is 7.37. The van der Waals surface area contributed by atoms with Crippen molar-refractivity contribution in [2.45, 2.75) is 26.1 Å². The zero-order valence-corrected chi connectivity index (χ0v) is 16.1. The lowest BCUT2D eigenvalue weighted by atomic mass is 10.0. The van der Waals surface area contributed by atoms with E-state index in [0.29, 0.717) is 22.5 Å². The van der Waals surface area contributed by atoms with Gasteiger partial charge in [0.25, 0.3) is 5.91 Å². The fraction of sp³-hybridized carbons (Fsp3) is 0.200. The van der Waals surface area contributed by atoms with Gasteiger partial charge in [-0.15, -0.1) is 0 Å². The molecule has 29 heavy (non-hydrogen) atoms. The molecule has 3 rings (SSSR count). The zero-order valence-electron chi connectivity index (χ0n) is 15.4. The van der Waals surface area contributed by atoms with Crippen molar-refractivity contribution in [3.63, 3.8) is 0 Å². The van der Waals surface area contributed by atoms with Crippen molar-refractivity contribution >= 4 is 17.5 Å². The van der Waals surface area contributed by atoms with Crippen LogP contribution in [-0.2, 0) is 6.18 Å². The van der Waals surface area contributed by atoms with Gasteiger partial charge in [-0.25, -0.2) is 9.07 Å². The molecule has 4 nitrogen and oxygen atoms in total. The predicted octanol–water partition coefficient (Wildman–Crippen LogP) is 5.48. The lowest BCUT2D eigenvalue weighted by Crippen LogP contribution is -2.27. The highest BCUT2D eigenvalue weighted by atomic mass is 35.5. The van der Waals surface area contributed by atoms with Gasteiger partial charge in [-0.2, -0.15) is 18.3 Å². The standard InChI is InChI=1S/C20H16ClF4N3O/c1-11(13-3-8-18(22)17(9-13)20(23,24)25)27-19(29)16-10-26-28(12(16)2)15-6-4-14(21)5-7-15/h3-11H,1-2H3,(H,27,29)/t11-/m0/s1. The summed E-state index contributed by atoms with van der Waals surface area (Å²) in [6.45, 7) is 3.21. The second-order valence-corrected chi connectivity index (χ2v) is 6.90. The number of amides is 1. The first-order chi connectivity index (χ1) is 13.6. The molecule has 0 unspecified atom stereocenters. The molecule has 1 amide bonds. The Kier molecular flexibility index (Phi) is 5.66. The highest BCUT2D eigenvalue weighted by molar-refractivity contribution is 6.30. The number of hydrogen-bond acceptors (Lipinski definition) is 2. The third-order valence-corrected chi connectivity index (χ3v) is 4.72. The van der Waals surface area contributed by atoms with Crippen LogP contribution in [0.3, 0.4) is 0 Å². The highest BCUT2D eigenvalue weighted by Crippen LogP contribution is 2.33. The molecule has 1 heterocycles. The van der Waals surface area contributed by atoms with E-state index in [-0.39, 0.29) is 11.1 Å². The Hall–Kier alpha value is -2.87. The van der Waals surface area contributed by atoms with Gasteiger partial charge in [-0.1, -0.05) is 17.7 Å². The molecule has 0 saturated carbocycles. The van der Waals surface area contributed by atoms with Crippen LogP contribution >= 0.6 is 11.6 Å². The molecule has 0 radical (unpaired) electrons. The van der Waals surface area contributed by atoms with Gasteiger partial charge in [0.15, 0.2) is 0 Å². The summed E-state index contributed by atoms with van der Waals surface area (Å²) < 4.78 is 53.8. The summed E-state index contributed by atoms with van der Waals surface area (Å²) in [5.74, 6) is -1.87. The van der Waals surface area contributed by atoms with Gasteiger partial charge in [0.1, 0.15) is 5.82 Å². The molecular formula is C20H16ClF4N3O. The van der Waals surface area contributed by atoms with Gasteiger partial charge in [0.2, 0.25) is 0 Å². The average Bonchev–Trinajstić information content (AvgIpc) is 3.03. The van der Waals surface area contributed by atoms with Crippen molar-refractivity contribution in [1.82, 2.24) is 15.1 Å². The van der Waals surface area contributed by atoms with Crippen LogP contribution in [0.15, 0.2) is 48.7 Å².